The third kappa shape index (κ3) is 5.18. The van der Waals surface area contributed by atoms with Gasteiger partial charge in [-0.25, -0.2) is 0 Å². The molecule has 1 fully saturated rings. The van der Waals surface area contributed by atoms with E-state index in [1.807, 2.05) is 6.07 Å². The van der Waals surface area contributed by atoms with Crippen molar-refractivity contribution in [3.05, 3.63) is 35.4 Å². The number of aliphatic hydroxyl groups is 2. The predicted molar refractivity (Wildman–Crippen MR) is 114 cm³/mol. The molecule has 2 aliphatic rings. The van der Waals surface area contributed by atoms with Gasteiger partial charge in [0.15, 0.2) is 0 Å². The molecule has 0 spiro atoms. The van der Waals surface area contributed by atoms with Crippen LogP contribution in [0, 0.1) is 0 Å². The van der Waals surface area contributed by atoms with Gasteiger partial charge in [-0.2, -0.15) is 0 Å². The first kappa shape index (κ1) is 22.2. The van der Waals surface area contributed by atoms with Gasteiger partial charge >= 0.3 is 0 Å². The molecular weight excluding hydrogens is 368 g/mol. The maximum Gasteiger partial charge on any atom is 0.144 e. The largest absolute Gasteiger partial charge is 0.394 e. The van der Waals surface area contributed by atoms with Crippen LogP contribution in [0.15, 0.2) is 29.4 Å². The monoisotopic (exact) mass is 404 g/mol. The Morgan fingerprint density at radius 1 is 1.24 bits per heavy atom. The van der Waals surface area contributed by atoms with Crippen LogP contribution in [0.25, 0.3) is 0 Å². The SMILES string of the molecule is CC(C)(C)NCC(O)CO/N=C1/c2ccccc2C2CCCCCC12OCCO. The highest BCUT2D eigenvalue weighted by Crippen LogP contribution is 2.50. The molecule has 29 heavy (non-hydrogen) atoms. The second-order valence-electron chi connectivity index (χ2n) is 9.22. The van der Waals surface area contributed by atoms with Crippen LogP contribution in [-0.4, -0.2) is 59.5 Å². The highest BCUT2D eigenvalue weighted by molar-refractivity contribution is 6.11. The molecule has 1 aromatic carbocycles. The Morgan fingerprint density at radius 2 is 2.03 bits per heavy atom. The zero-order chi connectivity index (χ0) is 20.9. The van der Waals surface area contributed by atoms with Crippen LogP contribution in [0.4, 0.5) is 0 Å². The van der Waals surface area contributed by atoms with E-state index in [1.165, 1.54) is 12.0 Å². The second kappa shape index (κ2) is 9.56. The van der Waals surface area contributed by atoms with Crippen molar-refractivity contribution < 1.29 is 19.8 Å². The molecular formula is C23H36N2O4. The van der Waals surface area contributed by atoms with Gasteiger partial charge in [0.1, 0.15) is 24.0 Å². The summed E-state index contributed by atoms with van der Waals surface area (Å²) in [5.74, 6) is 0.225. The first-order valence-corrected chi connectivity index (χ1v) is 10.8. The van der Waals surface area contributed by atoms with Crippen LogP contribution in [0.1, 0.15) is 69.9 Å². The molecule has 0 saturated heterocycles. The smallest absolute Gasteiger partial charge is 0.144 e. The van der Waals surface area contributed by atoms with E-state index in [-0.39, 0.29) is 31.3 Å². The van der Waals surface area contributed by atoms with Gasteiger partial charge in [0, 0.05) is 23.6 Å². The second-order valence-corrected chi connectivity index (χ2v) is 9.22. The van der Waals surface area contributed by atoms with Gasteiger partial charge in [-0.15, -0.1) is 0 Å². The number of hydrogen-bond acceptors (Lipinski definition) is 6. The van der Waals surface area contributed by atoms with Crippen molar-refractivity contribution >= 4 is 5.71 Å². The Hall–Kier alpha value is -1.47. The van der Waals surface area contributed by atoms with Crippen molar-refractivity contribution in [2.24, 2.45) is 5.16 Å². The topological polar surface area (TPSA) is 83.3 Å². The van der Waals surface area contributed by atoms with E-state index < -0.39 is 11.7 Å². The maximum atomic E-state index is 10.2. The number of benzene rings is 1. The first-order chi connectivity index (χ1) is 13.9. The predicted octanol–water partition coefficient (Wildman–Crippen LogP) is 2.97. The summed E-state index contributed by atoms with van der Waals surface area (Å²) in [7, 11) is 0. The Labute approximate surface area is 174 Å². The quantitative estimate of drug-likeness (QED) is 0.580. The van der Waals surface area contributed by atoms with Crippen LogP contribution in [0.2, 0.25) is 0 Å². The van der Waals surface area contributed by atoms with Gasteiger partial charge in [-0.3, -0.25) is 0 Å². The van der Waals surface area contributed by atoms with E-state index in [9.17, 15) is 10.2 Å². The Bertz CT molecular complexity index is 700. The number of oxime groups is 1. The summed E-state index contributed by atoms with van der Waals surface area (Å²) in [6, 6.07) is 8.31. The molecule has 3 N–H and O–H groups in total. The molecule has 0 aromatic heterocycles. The van der Waals surface area contributed by atoms with E-state index in [4.69, 9.17) is 9.57 Å². The summed E-state index contributed by atoms with van der Waals surface area (Å²) < 4.78 is 6.33. The van der Waals surface area contributed by atoms with Crippen molar-refractivity contribution in [1.29, 1.82) is 0 Å². The zero-order valence-electron chi connectivity index (χ0n) is 18.0. The fraction of sp³-hybridized carbons (Fsp3) is 0.696. The van der Waals surface area contributed by atoms with Crippen LogP contribution in [-0.2, 0) is 9.57 Å². The minimum absolute atomic E-state index is 0.0177. The van der Waals surface area contributed by atoms with E-state index in [2.05, 4.69) is 49.4 Å². The Kier molecular flexibility index (Phi) is 7.32. The Balaban J connectivity index is 1.82. The van der Waals surface area contributed by atoms with Crippen LogP contribution < -0.4 is 5.32 Å². The first-order valence-electron chi connectivity index (χ1n) is 10.8. The Morgan fingerprint density at radius 3 is 2.79 bits per heavy atom. The van der Waals surface area contributed by atoms with E-state index >= 15 is 0 Å². The van der Waals surface area contributed by atoms with Gasteiger partial charge in [0.2, 0.25) is 0 Å². The molecule has 0 amide bonds. The van der Waals surface area contributed by atoms with E-state index in [1.54, 1.807) is 0 Å². The number of β-amino-alcohol motifs (C(OH)–C–C–N with tert-alkyl or cyclic N) is 1. The van der Waals surface area contributed by atoms with Gasteiger partial charge in [-0.1, -0.05) is 48.7 Å². The lowest BCUT2D eigenvalue weighted by molar-refractivity contribution is -0.0324. The summed E-state index contributed by atoms with van der Waals surface area (Å²) in [5.41, 5.74) is 2.51. The van der Waals surface area contributed by atoms with Crippen molar-refractivity contribution in [1.82, 2.24) is 5.32 Å². The van der Waals surface area contributed by atoms with Crippen LogP contribution >= 0.6 is 0 Å². The molecule has 0 aliphatic heterocycles. The van der Waals surface area contributed by atoms with Crippen LogP contribution in [0.3, 0.4) is 0 Å². The van der Waals surface area contributed by atoms with E-state index in [0.717, 1.165) is 37.0 Å². The lowest BCUT2D eigenvalue weighted by atomic mass is 9.82. The summed E-state index contributed by atoms with van der Waals surface area (Å²) in [5, 5.41) is 27.5. The molecule has 0 radical (unpaired) electrons. The number of rotatable bonds is 8. The fourth-order valence-corrected chi connectivity index (χ4v) is 4.52. The molecule has 3 unspecified atom stereocenters. The highest BCUT2D eigenvalue weighted by atomic mass is 16.6. The number of aliphatic hydroxyl groups excluding tert-OH is 2. The molecule has 162 valence electrons. The molecule has 0 bridgehead atoms. The lowest BCUT2D eigenvalue weighted by Gasteiger charge is -2.34. The van der Waals surface area contributed by atoms with Crippen molar-refractivity contribution in [2.45, 2.75) is 76.0 Å². The average Bonchev–Trinajstić information content (AvgIpc) is 2.81. The third-order valence-corrected chi connectivity index (χ3v) is 5.84. The standard InChI is InChI=1S/C23H36N2O4/c1-22(2,3)24-15-17(27)16-29-25-21-19-10-7-6-9-18(19)20-11-5-4-8-12-23(20,21)28-14-13-26/h6-7,9-10,17,20,24,26-27H,4-5,8,11-16H2,1-3H3/b25-21-. The fourth-order valence-electron chi connectivity index (χ4n) is 4.52. The molecule has 3 atom stereocenters. The van der Waals surface area contributed by atoms with Crippen molar-refractivity contribution in [2.75, 3.05) is 26.4 Å². The third-order valence-electron chi connectivity index (χ3n) is 5.84. The van der Waals surface area contributed by atoms with E-state index in [0.29, 0.717) is 6.54 Å². The highest BCUT2D eigenvalue weighted by Gasteiger charge is 2.52. The molecule has 2 aliphatic carbocycles. The van der Waals surface area contributed by atoms with Crippen LogP contribution in [0.5, 0.6) is 0 Å². The summed E-state index contributed by atoms with van der Waals surface area (Å²) in [6.45, 7) is 7.01. The number of nitrogens with zero attached hydrogens (tertiary/aromatic N) is 1. The molecule has 3 rings (SSSR count). The molecule has 6 heteroatoms. The van der Waals surface area contributed by atoms with Gasteiger partial charge < -0.3 is 25.1 Å². The zero-order valence-corrected chi connectivity index (χ0v) is 18.0. The van der Waals surface area contributed by atoms with Crippen molar-refractivity contribution in [3.63, 3.8) is 0 Å². The minimum atomic E-state index is -0.644. The maximum absolute atomic E-state index is 10.2. The molecule has 1 aromatic rings. The van der Waals surface area contributed by atoms with Gasteiger partial charge in [0.25, 0.3) is 0 Å². The summed E-state index contributed by atoms with van der Waals surface area (Å²) in [6.07, 6.45) is 4.66. The number of ether oxygens (including phenoxy) is 1. The number of hydrogen-bond donors (Lipinski definition) is 3. The number of nitrogens with one attached hydrogen (secondary N) is 1. The van der Waals surface area contributed by atoms with Gasteiger partial charge in [0.05, 0.1) is 13.2 Å². The summed E-state index contributed by atoms with van der Waals surface area (Å²) >= 11 is 0. The van der Waals surface area contributed by atoms with Gasteiger partial charge in [-0.05, 0) is 39.2 Å². The molecule has 6 nitrogen and oxygen atoms in total. The number of fused-ring (bicyclic) bond motifs is 3. The summed E-state index contributed by atoms with van der Waals surface area (Å²) in [4.78, 5) is 5.65. The van der Waals surface area contributed by atoms with Crippen molar-refractivity contribution in [3.8, 4) is 0 Å². The normalized spacial score (nSPS) is 26.7. The molecule has 0 heterocycles. The lowest BCUT2D eigenvalue weighted by Crippen LogP contribution is -2.43. The molecule has 1 saturated carbocycles. The average molecular weight is 405 g/mol. The minimum Gasteiger partial charge on any atom is -0.394 e.